The van der Waals surface area contributed by atoms with Gasteiger partial charge in [0.2, 0.25) is 0 Å². The summed E-state index contributed by atoms with van der Waals surface area (Å²) in [6.45, 7) is 6.06. The van der Waals surface area contributed by atoms with Crippen molar-refractivity contribution in [3.05, 3.63) is 72.4 Å². The summed E-state index contributed by atoms with van der Waals surface area (Å²) in [5.41, 5.74) is 3.54. The lowest BCUT2D eigenvalue weighted by atomic mass is 9.84. The molecule has 7 heteroatoms. The van der Waals surface area contributed by atoms with E-state index < -0.39 is 0 Å². The van der Waals surface area contributed by atoms with Crippen LogP contribution in [0.15, 0.2) is 66.9 Å². The van der Waals surface area contributed by atoms with Crippen LogP contribution in [0, 0.1) is 5.92 Å². The highest BCUT2D eigenvalue weighted by Gasteiger charge is 2.27. The molecule has 2 fully saturated rings. The smallest absolute Gasteiger partial charge is 0.412 e. The number of ether oxygens (including phenoxy) is 2. The fourth-order valence-electron chi connectivity index (χ4n) is 6.11. The van der Waals surface area contributed by atoms with Crippen molar-refractivity contribution < 1.29 is 14.3 Å². The summed E-state index contributed by atoms with van der Waals surface area (Å²) in [5.74, 6) is 3.33. The van der Waals surface area contributed by atoms with Gasteiger partial charge in [-0.05, 0) is 73.9 Å². The molecular formula is C32H38N4O3. The highest BCUT2D eigenvalue weighted by atomic mass is 16.6. The lowest BCUT2D eigenvalue weighted by Crippen LogP contribution is -2.47. The van der Waals surface area contributed by atoms with Crippen molar-refractivity contribution in [2.24, 2.45) is 5.92 Å². The minimum atomic E-state index is -0.354. The first-order valence-corrected chi connectivity index (χ1v) is 14.4. The third kappa shape index (κ3) is 6.36. The van der Waals surface area contributed by atoms with E-state index in [1.807, 2.05) is 48.7 Å². The minimum absolute atomic E-state index is 0.197. The van der Waals surface area contributed by atoms with Crippen LogP contribution in [0.4, 0.5) is 10.6 Å². The van der Waals surface area contributed by atoms with Gasteiger partial charge in [-0.3, -0.25) is 4.90 Å². The molecule has 0 radical (unpaired) electrons. The molecule has 1 saturated carbocycles. The molecule has 2 aliphatic heterocycles. The molecule has 0 spiro atoms. The standard InChI is InChI=1S/C32H38N4O3/c37-32(39-29-12-8-26(9-13-29)25-4-2-1-3-5-25)34-28-10-6-24(7-11-28)15-18-35-19-21-36(22-20-35)31-30-27(14-17-33-31)16-23-38-30/h1-5,8-9,12-14,17,24,28H,6-7,10-11,15-16,18-23H2,(H,34,37)/t24-,28-. The van der Waals surface area contributed by atoms with E-state index in [1.165, 1.54) is 12.0 Å². The monoisotopic (exact) mass is 526 g/mol. The first-order chi connectivity index (χ1) is 19.2. The molecule has 3 aromatic rings. The number of aromatic nitrogens is 1. The summed E-state index contributed by atoms with van der Waals surface area (Å²) < 4.78 is 11.4. The quantitative estimate of drug-likeness (QED) is 0.436. The van der Waals surface area contributed by atoms with Gasteiger partial charge in [0.1, 0.15) is 5.75 Å². The molecule has 7 nitrogen and oxygen atoms in total. The molecule has 1 aromatic heterocycles. The highest BCUT2D eigenvalue weighted by molar-refractivity contribution is 5.71. The number of nitrogens with one attached hydrogen (secondary N) is 1. The number of hydrogen-bond donors (Lipinski definition) is 1. The molecule has 3 heterocycles. The summed E-state index contributed by atoms with van der Waals surface area (Å²) in [6.07, 6.45) is 8.15. The molecule has 204 valence electrons. The summed E-state index contributed by atoms with van der Waals surface area (Å²) in [6, 6.07) is 20.2. The minimum Gasteiger partial charge on any atom is -0.489 e. The first-order valence-electron chi connectivity index (χ1n) is 14.4. The summed E-state index contributed by atoms with van der Waals surface area (Å²) in [5, 5.41) is 3.08. The molecule has 6 rings (SSSR count). The zero-order valence-electron chi connectivity index (χ0n) is 22.6. The van der Waals surface area contributed by atoms with Crippen molar-refractivity contribution in [3.8, 4) is 22.6 Å². The second-order valence-electron chi connectivity index (χ2n) is 11.0. The lowest BCUT2D eigenvalue weighted by molar-refractivity contribution is 0.182. The largest absolute Gasteiger partial charge is 0.489 e. The van der Waals surface area contributed by atoms with Gasteiger partial charge in [0, 0.05) is 50.4 Å². The Morgan fingerprint density at radius 3 is 2.44 bits per heavy atom. The van der Waals surface area contributed by atoms with E-state index in [0.29, 0.717) is 5.75 Å². The Hall–Kier alpha value is -3.58. The van der Waals surface area contributed by atoms with Gasteiger partial charge in [0.15, 0.2) is 11.6 Å². The van der Waals surface area contributed by atoms with Crippen LogP contribution in [-0.2, 0) is 6.42 Å². The van der Waals surface area contributed by atoms with Crippen LogP contribution < -0.4 is 19.7 Å². The van der Waals surface area contributed by atoms with Crippen LogP contribution in [0.5, 0.6) is 11.5 Å². The number of rotatable bonds is 7. The predicted molar refractivity (Wildman–Crippen MR) is 153 cm³/mol. The number of pyridine rings is 1. The highest BCUT2D eigenvalue weighted by Crippen LogP contribution is 2.34. The maximum atomic E-state index is 12.5. The van der Waals surface area contributed by atoms with Crippen LogP contribution in [0.25, 0.3) is 11.1 Å². The fourth-order valence-corrected chi connectivity index (χ4v) is 6.11. The number of carbonyl (C=O) groups excluding carboxylic acids is 1. The van der Waals surface area contributed by atoms with Gasteiger partial charge in [0.25, 0.3) is 0 Å². The first kappa shape index (κ1) is 25.7. The second kappa shape index (κ2) is 12.1. The van der Waals surface area contributed by atoms with Crippen molar-refractivity contribution >= 4 is 11.9 Å². The Kier molecular flexibility index (Phi) is 7.95. The average Bonchev–Trinajstić information content (AvgIpc) is 3.47. The predicted octanol–water partition coefficient (Wildman–Crippen LogP) is 5.54. The SMILES string of the molecule is O=C(N[C@H]1CC[C@H](CCN2CCN(c3nccc4c3OCC4)CC2)CC1)Oc1ccc(-c2ccccc2)cc1. The number of fused-ring (bicyclic) bond motifs is 1. The van der Waals surface area contributed by atoms with E-state index in [-0.39, 0.29) is 12.1 Å². The summed E-state index contributed by atoms with van der Waals surface area (Å²) in [7, 11) is 0. The van der Waals surface area contributed by atoms with Gasteiger partial charge >= 0.3 is 6.09 Å². The van der Waals surface area contributed by atoms with E-state index >= 15 is 0 Å². The second-order valence-corrected chi connectivity index (χ2v) is 11.0. The number of carbonyl (C=O) groups is 1. The number of anilines is 1. The van der Waals surface area contributed by atoms with Crippen molar-refractivity contribution in [1.82, 2.24) is 15.2 Å². The summed E-state index contributed by atoms with van der Waals surface area (Å²) >= 11 is 0. The molecule has 1 aliphatic carbocycles. The van der Waals surface area contributed by atoms with Gasteiger partial charge in [-0.25, -0.2) is 9.78 Å². The number of nitrogens with zero attached hydrogens (tertiary/aromatic N) is 3. The van der Waals surface area contributed by atoms with E-state index in [1.54, 1.807) is 0 Å². The van der Waals surface area contributed by atoms with Crippen LogP contribution >= 0.6 is 0 Å². The van der Waals surface area contributed by atoms with E-state index in [4.69, 9.17) is 9.47 Å². The topological polar surface area (TPSA) is 66.9 Å². The molecule has 3 aliphatic rings. The van der Waals surface area contributed by atoms with Crippen molar-refractivity contribution in [1.29, 1.82) is 0 Å². The van der Waals surface area contributed by atoms with Gasteiger partial charge in [-0.15, -0.1) is 0 Å². The maximum absolute atomic E-state index is 12.5. The maximum Gasteiger partial charge on any atom is 0.412 e. The average molecular weight is 527 g/mol. The molecular weight excluding hydrogens is 488 g/mol. The van der Waals surface area contributed by atoms with Gasteiger partial charge in [-0.2, -0.15) is 0 Å². The van der Waals surface area contributed by atoms with Gasteiger partial charge in [-0.1, -0.05) is 42.5 Å². The lowest BCUT2D eigenvalue weighted by Gasteiger charge is -2.37. The Bertz CT molecular complexity index is 1230. The molecule has 0 atom stereocenters. The van der Waals surface area contributed by atoms with Crippen molar-refractivity contribution in [2.75, 3.05) is 44.2 Å². The molecule has 1 N–H and O–H groups in total. The van der Waals surface area contributed by atoms with Crippen molar-refractivity contribution in [2.45, 2.75) is 44.6 Å². The van der Waals surface area contributed by atoms with Gasteiger partial charge < -0.3 is 19.7 Å². The summed E-state index contributed by atoms with van der Waals surface area (Å²) in [4.78, 5) is 22.1. The van der Waals surface area contributed by atoms with Gasteiger partial charge in [0.05, 0.1) is 6.61 Å². The van der Waals surface area contributed by atoms with Crippen LogP contribution in [0.2, 0.25) is 0 Å². The number of hydrogen-bond acceptors (Lipinski definition) is 6. The molecule has 0 bridgehead atoms. The Balaban J connectivity index is 0.887. The molecule has 0 unspecified atom stereocenters. The fraction of sp³-hybridized carbons (Fsp3) is 0.438. The van der Waals surface area contributed by atoms with Crippen LogP contribution in [0.3, 0.4) is 0 Å². The zero-order chi connectivity index (χ0) is 26.4. The Morgan fingerprint density at radius 1 is 0.923 bits per heavy atom. The molecule has 1 amide bonds. The normalized spacial score (nSPS) is 21.2. The van der Waals surface area contributed by atoms with Crippen LogP contribution in [-0.4, -0.2) is 61.3 Å². The Morgan fingerprint density at radius 2 is 1.67 bits per heavy atom. The van der Waals surface area contributed by atoms with Crippen LogP contribution in [0.1, 0.15) is 37.7 Å². The van der Waals surface area contributed by atoms with E-state index in [0.717, 1.165) is 100 Å². The third-order valence-corrected chi connectivity index (χ3v) is 8.45. The van der Waals surface area contributed by atoms with E-state index in [9.17, 15) is 4.79 Å². The van der Waals surface area contributed by atoms with Crippen molar-refractivity contribution in [3.63, 3.8) is 0 Å². The van der Waals surface area contributed by atoms with E-state index in [2.05, 4.69) is 38.3 Å². The number of amides is 1. The molecule has 1 saturated heterocycles. The molecule has 2 aromatic carbocycles. The molecule has 39 heavy (non-hydrogen) atoms. The number of piperazine rings is 1. The third-order valence-electron chi connectivity index (χ3n) is 8.45. The zero-order valence-corrected chi connectivity index (χ0v) is 22.6. The Labute approximate surface area is 231 Å². The number of benzene rings is 2.